The third-order valence-corrected chi connectivity index (χ3v) is 2.95. The van der Waals surface area contributed by atoms with Gasteiger partial charge in [0.05, 0.1) is 16.3 Å². The third-order valence-electron chi connectivity index (χ3n) is 2.63. The zero-order valence-corrected chi connectivity index (χ0v) is 11.0. The van der Waals surface area contributed by atoms with Gasteiger partial charge in [0.25, 0.3) is 5.91 Å². The van der Waals surface area contributed by atoms with E-state index in [1.807, 2.05) is 0 Å². The van der Waals surface area contributed by atoms with E-state index in [9.17, 15) is 9.18 Å². The molecule has 0 atom stereocenters. The summed E-state index contributed by atoms with van der Waals surface area (Å²) in [5.41, 5.74) is 7.19. The van der Waals surface area contributed by atoms with E-state index in [1.54, 1.807) is 25.1 Å². The van der Waals surface area contributed by atoms with Gasteiger partial charge < -0.3 is 11.1 Å². The summed E-state index contributed by atoms with van der Waals surface area (Å²) < 4.78 is 13.6. The van der Waals surface area contributed by atoms with Crippen molar-refractivity contribution in [1.82, 2.24) is 0 Å². The van der Waals surface area contributed by atoms with E-state index in [0.717, 1.165) is 5.56 Å². The normalized spacial score (nSPS) is 10.3. The molecule has 19 heavy (non-hydrogen) atoms. The van der Waals surface area contributed by atoms with E-state index in [1.165, 1.54) is 18.2 Å². The fourth-order valence-corrected chi connectivity index (χ4v) is 1.79. The molecule has 2 rings (SSSR count). The zero-order valence-electron chi connectivity index (χ0n) is 10.2. The second kappa shape index (κ2) is 5.28. The van der Waals surface area contributed by atoms with Crippen molar-refractivity contribution in [3.63, 3.8) is 0 Å². The van der Waals surface area contributed by atoms with Crippen LogP contribution in [0.4, 0.5) is 15.8 Å². The molecule has 0 saturated heterocycles. The van der Waals surface area contributed by atoms with Crippen LogP contribution in [-0.2, 0) is 0 Å². The maximum Gasteiger partial charge on any atom is 0.258 e. The Labute approximate surface area is 115 Å². The number of rotatable bonds is 2. The summed E-state index contributed by atoms with van der Waals surface area (Å²) in [6, 6.07) is 9.12. The Hall–Kier alpha value is -2.07. The monoisotopic (exact) mass is 278 g/mol. The first-order valence-electron chi connectivity index (χ1n) is 5.60. The average molecular weight is 279 g/mol. The van der Waals surface area contributed by atoms with Crippen molar-refractivity contribution in [1.29, 1.82) is 0 Å². The number of benzene rings is 2. The van der Waals surface area contributed by atoms with E-state index < -0.39 is 11.7 Å². The van der Waals surface area contributed by atoms with Crippen LogP contribution in [0.15, 0.2) is 36.4 Å². The lowest BCUT2D eigenvalue weighted by molar-refractivity contribution is 0.102. The number of hydrogen-bond donors (Lipinski definition) is 2. The minimum absolute atomic E-state index is 0.0152. The van der Waals surface area contributed by atoms with Crippen molar-refractivity contribution in [2.24, 2.45) is 0 Å². The number of nitrogens with one attached hydrogen (secondary N) is 1. The first kappa shape index (κ1) is 13.4. The van der Waals surface area contributed by atoms with Crippen molar-refractivity contribution in [3.8, 4) is 0 Å². The maximum atomic E-state index is 13.6. The molecule has 2 aromatic carbocycles. The predicted molar refractivity (Wildman–Crippen MR) is 75.0 cm³/mol. The van der Waals surface area contributed by atoms with Gasteiger partial charge in [-0.05, 0) is 42.8 Å². The Kier molecular flexibility index (Phi) is 3.71. The summed E-state index contributed by atoms with van der Waals surface area (Å²) in [4.78, 5) is 11.9. The van der Waals surface area contributed by atoms with Gasteiger partial charge in [0, 0.05) is 5.69 Å². The molecular weight excluding hydrogens is 267 g/mol. The van der Waals surface area contributed by atoms with E-state index in [4.69, 9.17) is 17.3 Å². The summed E-state index contributed by atoms with van der Waals surface area (Å²) in [5.74, 6) is -1.09. The number of carbonyl (C=O) groups excluding carboxylic acids is 1. The first-order valence-corrected chi connectivity index (χ1v) is 5.97. The van der Waals surface area contributed by atoms with E-state index in [-0.39, 0.29) is 5.56 Å². The van der Waals surface area contributed by atoms with Crippen LogP contribution in [0.25, 0.3) is 0 Å². The van der Waals surface area contributed by atoms with Crippen molar-refractivity contribution in [3.05, 3.63) is 58.4 Å². The van der Waals surface area contributed by atoms with Crippen LogP contribution in [0.3, 0.4) is 0 Å². The summed E-state index contributed by atoms with van der Waals surface area (Å²) >= 11 is 5.84. The molecule has 0 unspecified atom stereocenters. The highest BCUT2D eigenvalue weighted by Crippen LogP contribution is 2.23. The van der Waals surface area contributed by atoms with Gasteiger partial charge in [0.1, 0.15) is 5.82 Å². The summed E-state index contributed by atoms with van der Waals surface area (Å²) in [5, 5.41) is 2.90. The lowest BCUT2D eigenvalue weighted by Gasteiger charge is -2.08. The van der Waals surface area contributed by atoms with Gasteiger partial charge in [-0.3, -0.25) is 4.79 Å². The van der Waals surface area contributed by atoms with Crippen molar-refractivity contribution >= 4 is 28.9 Å². The number of halogens is 2. The Morgan fingerprint density at radius 3 is 2.63 bits per heavy atom. The molecule has 3 nitrogen and oxygen atoms in total. The molecule has 5 heteroatoms. The molecule has 0 saturated carbocycles. The number of amides is 1. The Morgan fingerprint density at radius 2 is 2.00 bits per heavy atom. The number of nitrogen functional groups attached to an aromatic ring is 1. The number of anilines is 2. The van der Waals surface area contributed by atoms with E-state index >= 15 is 0 Å². The summed E-state index contributed by atoms with van der Waals surface area (Å²) in [6.45, 7) is 1.75. The molecule has 0 bridgehead atoms. The molecular formula is C14H12ClFN2O. The van der Waals surface area contributed by atoms with Gasteiger partial charge in [-0.25, -0.2) is 4.39 Å². The Morgan fingerprint density at radius 1 is 1.26 bits per heavy atom. The molecule has 0 fully saturated rings. The van der Waals surface area contributed by atoms with Crippen LogP contribution in [0.2, 0.25) is 5.02 Å². The molecule has 1 amide bonds. The molecule has 0 spiro atoms. The molecule has 0 aromatic heterocycles. The van der Waals surface area contributed by atoms with Crippen LogP contribution in [-0.4, -0.2) is 5.91 Å². The minimum atomic E-state index is -0.556. The molecule has 98 valence electrons. The van der Waals surface area contributed by atoms with Crippen LogP contribution in [0, 0.1) is 12.7 Å². The fraction of sp³-hybridized carbons (Fsp3) is 0.0714. The molecule has 0 aliphatic rings. The quantitative estimate of drug-likeness (QED) is 0.824. The number of hydrogen-bond acceptors (Lipinski definition) is 2. The van der Waals surface area contributed by atoms with Crippen molar-refractivity contribution in [2.75, 3.05) is 11.1 Å². The van der Waals surface area contributed by atoms with Crippen LogP contribution >= 0.6 is 11.6 Å². The van der Waals surface area contributed by atoms with E-state index in [0.29, 0.717) is 16.4 Å². The standard InChI is InChI=1S/C14H12ClFN2O/c1-8-2-4-10(12(16)6-8)14(19)18-9-3-5-13(17)11(15)7-9/h2-7H,17H2,1H3,(H,18,19). The minimum Gasteiger partial charge on any atom is -0.398 e. The predicted octanol–water partition coefficient (Wildman–Crippen LogP) is 3.62. The van der Waals surface area contributed by atoms with Crippen LogP contribution in [0.1, 0.15) is 15.9 Å². The number of nitrogens with two attached hydrogens (primary N) is 1. The lowest BCUT2D eigenvalue weighted by atomic mass is 10.1. The second-order valence-electron chi connectivity index (χ2n) is 4.17. The zero-order chi connectivity index (χ0) is 14.0. The topological polar surface area (TPSA) is 55.1 Å². The van der Waals surface area contributed by atoms with Gasteiger partial charge in [-0.1, -0.05) is 17.7 Å². The van der Waals surface area contributed by atoms with Crippen LogP contribution in [0.5, 0.6) is 0 Å². The number of carbonyl (C=O) groups is 1. The summed E-state index contributed by atoms with van der Waals surface area (Å²) in [6.07, 6.45) is 0. The van der Waals surface area contributed by atoms with Gasteiger partial charge in [-0.2, -0.15) is 0 Å². The molecule has 0 aliphatic carbocycles. The Balaban J connectivity index is 2.23. The van der Waals surface area contributed by atoms with Crippen molar-refractivity contribution < 1.29 is 9.18 Å². The fourth-order valence-electron chi connectivity index (χ4n) is 1.61. The molecule has 0 radical (unpaired) electrons. The summed E-state index contributed by atoms with van der Waals surface area (Å²) in [7, 11) is 0. The van der Waals surface area contributed by atoms with E-state index in [2.05, 4.69) is 5.32 Å². The molecule has 3 N–H and O–H groups in total. The lowest BCUT2D eigenvalue weighted by Crippen LogP contribution is -2.13. The van der Waals surface area contributed by atoms with Gasteiger partial charge in [0.15, 0.2) is 0 Å². The molecule has 2 aromatic rings. The van der Waals surface area contributed by atoms with Gasteiger partial charge >= 0.3 is 0 Å². The maximum absolute atomic E-state index is 13.6. The van der Waals surface area contributed by atoms with Crippen LogP contribution < -0.4 is 11.1 Å². The number of aryl methyl sites for hydroxylation is 1. The Bertz CT molecular complexity index is 643. The smallest absolute Gasteiger partial charge is 0.258 e. The average Bonchev–Trinajstić information content (AvgIpc) is 2.33. The third kappa shape index (κ3) is 3.03. The first-order chi connectivity index (χ1) is 8.97. The van der Waals surface area contributed by atoms with Gasteiger partial charge in [-0.15, -0.1) is 0 Å². The van der Waals surface area contributed by atoms with Crippen molar-refractivity contribution in [2.45, 2.75) is 6.92 Å². The SMILES string of the molecule is Cc1ccc(C(=O)Nc2ccc(N)c(Cl)c2)c(F)c1. The van der Waals surface area contributed by atoms with Gasteiger partial charge in [0.2, 0.25) is 0 Å². The highest BCUT2D eigenvalue weighted by molar-refractivity contribution is 6.33. The largest absolute Gasteiger partial charge is 0.398 e. The second-order valence-corrected chi connectivity index (χ2v) is 4.58. The highest BCUT2D eigenvalue weighted by Gasteiger charge is 2.12. The molecule has 0 aliphatic heterocycles. The molecule has 0 heterocycles. The highest BCUT2D eigenvalue weighted by atomic mass is 35.5.